The van der Waals surface area contributed by atoms with Gasteiger partial charge in [-0.25, -0.2) is 9.97 Å². The Labute approximate surface area is 152 Å². The summed E-state index contributed by atoms with van der Waals surface area (Å²) in [5.41, 5.74) is 1.18. The van der Waals surface area contributed by atoms with Crippen LogP contribution >= 0.6 is 34.4 Å². The van der Waals surface area contributed by atoms with Crippen LogP contribution in [0.3, 0.4) is 0 Å². The minimum atomic E-state index is -0.108. The molecule has 1 amide bonds. The molecular formula is C15H17N5OS3. The van der Waals surface area contributed by atoms with Crippen molar-refractivity contribution in [1.82, 2.24) is 20.2 Å². The number of aromatic nitrogens is 4. The Morgan fingerprint density at radius 3 is 2.75 bits per heavy atom. The minimum Gasteiger partial charge on any atom is -0.300 e. The van der Waals surface area contributed by atoms with E-state index in [4.69, 9.17) is 0 Å². The van der Waals surface area contributed by atoms with Gasteiger partial charge < -0.3 is 0 Å². The highest BCUT2D eigenvalue weighted by Crippen LogP contribution is 2.34. The smallest absolute Gasteiger partial charge is 0.236 e. The average molecular weight is 380 g/mol. The molecule has 0 fully saturated rings. The summed E-state index contributed by atoms with van der Waals surface area (Å²) in [7, 11) is 0. The van der Waals surface area contributed by atoms with E-state index in [1.807, 2.05) is 13.8 Å². The van der Waals surface area contributed by atoms with Crippen LogP contribution in [0.15, 0.2) is 11.4 Å². The third-order valence-electron chi connectivity index (χ3n) is 3.45. The lowest BCUT2D eigenvalue weighted by molar-refractivity contribution is -0.113. The summed E-state index contributed by atoms with van der Waals surface area (Å²) in [5.74, 6) is 0.473. The average Bonchev–Trinajstić information content (AvgIpc) is 3.11. The molecule has 0 spiro atoms. The third-order valence-corrected chi connectivity index (χ3v) is 6.70. The number of thioether (sulfide) groups is 1. The topological polar surface area (TPSA) is 80.7 Å². The second-order valence-electron chi connectivity index (χ2n) is 5.58. The first-order chi connectivity index (χ1) is 11.5. The molecule has 0 aromatic carbocycles. The van der Waals surface area contributed by atoms with Gasteiger partial charge in [0.25, 0.3) is 0 Å². The van der Waals surface area contributed by atoms with E-state index < -0.39 is 0 Å². The molecule has 0 saturated carbocycles. The van der Waals surface area contributed by atoms with Gasteiger partial charge >= 0.3 is 0 Å². The van der Waals surface area contributed by atoms with E-state index in [1.54, 1.807) is 17.7 Å². The Bertz CT molecular complexity index is 886. The molecule has 0 aliphatic rings. The number of rotatable bonds is 5. The van der Waals surface area contributed by atoms with E-state index in [0.29, 0.717) is 11.0 Å². The predicted octanol–water partition coefficient (Wildman–Crippen LogP) is 4.01. The molecule has 0 aliphatic heterocycles. The molecule has 0 radical (unpaired) electrons. The standard InChI is InChI=1S/C15H17N5OS3/c1-7(2)12-19-20-15(24-12)18-10(21)5-22-13-11-8(3)9(4)23-14(11)17-6-16-13/h6-7H,5H2,1-4H3,(H,18,20,21). The van der Waals surface area contributed by atoms with Crippen molar-refractivity contribution in [2.45, 2.75) is 38.6 Å². The zero-order chi connectivity index (χ0) is 17.3. The summed E-state index contributed by atoms with van der Waals surface area (Å²) in [6.07, 6.45) is 1.55. The Morgan fingerprint density at radius 2 is 2.04 bits per heavy atom. The summed E-state index contributed by atoms with van der Waals surface area (Å²) >= 11 is 4.48. The second kappa shape index (κ2) is 7.12. The van der Waals surface area contributed by atoms with Gasteiger partial charge in [0, 0.05) is 16.2 Å². The van der Waals surface area contributed by atoms with Gasteiger partial charge in [-0.05, 0) is 19.4 Å². The number of anilines is 1. The van der Waals surface area contributed by atoms with Gasteiger partial charge in [0.1, 0.15) is 21.2 Å². The fourth-order valence-electron chi connectivity index (χ4n) is 2.07. The molecule has 0 bridgehead atoms. The fourth-order valence-corrected chi connectivity index (χ4v) is 4.75. The molecule has 3 aromatic heterocycles. The largest absolute Gasteiger partial charge is 0.300 e. The number of nitrogens with one attached hydrogen (secondary N) is 1. The zero-order valence-corrected chi connectivity index (χ0v) is 16.2. The van der Waals surface area contributed by atoms with Crippen molar-refractivity contribution in [2.75, 3.05) is 11.1 Å². The number of hydrogen-bond acceptors (Lipinski definition) is 8. The van der Waals surface area contributed by atoms with Crippen LogP contribution in [0.25, 0.3) is 10.2 Å². The normalized spacial score (nSPS) is 11.4. The van der Waals surface area contributed by atoms with Crippen molar-refractivity contribution in [3.8, 4) is 0 Å². The molecule has 0 saturated heterocycles. The number of aryl methyl sites for hydroxylation is 2. The van der Waals surface area contributed by atoms with E-state index >= 15 is 0 Å². The summed E-state index contributed by atoms with van der Waals surface area (Å²) in [4.78, 5) is 23.0. The molecule has 0 atom stereocenters. The quantitative estimate of drug-likeness (QED) is 0.533. The molecule has 0 unspecified atom stereocenters. The first-order valence-electron chi connectivity index (χ1n) is 7.42. The van der Waals surface area contributed by atoms with Gasteiger partial charge in [0.2, 0.25) is 11.0 Å². The molecule has 126 valence electrons. The van der Waals surface area contributed by atoms with Crippen LogP contribution in [0.5, 0.6) is 0 Å². The predicted molar refractivity (Wildman–Crippen MR) is 100 cm³/mol. The number of nitrogens with zero attached hydrogens (tertiary/aromatic N) is 4. The minimum absolute atomic E-state index is 0.108. The van der Waals surface area contributed by atoms with Crippen LogP contribution in [-0.4, -0.2) is 31.8 Å². The lowest BCUT2D eigenvalue weighted by Gasteiger charge is -2.03. The number of amides is 1. The molecule has 1 N–H and O–H groups in total. The first-order valence-corrected chi connectivity index (χ1v) is 10.0. The van der Waals surface area contributed by atoms with E-state index in [0.717, 1.165) is 20.3 Å². The van der Waals surface area contributed by atoms with Gasteiger partial charge in [-0.15, -0.1) is 21.5 Å². The molecule has 3 rings (SSSR count). The van der Waals surface area contributed by atoms with Crippen LogP contribution in [0.1, 0.15) is 35.2 Å². The number of hydrogen-bond donors (Lipinski definition) is 1. The number of carbonyl (C=O) groups is 1. The molecule has 9 heteroatoms. The van der Waals surface area contributed by atoms with Gasteiger partial charge in [-0.2, -0.15) is 0 Å². The summed E-state index contributed by atoms with van der Waals surface area (Å²) in [6.45, 7) is 8.24. The number of fused-ring (bicyclic) bond motifs is 1. The van der Waals surface area contributed by atoms with Crippen LogP contribution in [0.4, 0.5) is 5.13 Å². The Hall–Kier alpha value is -1.58. The van der Waals surface area contributed by atoms with Crippen LogP contribution in [0, 0.1) is 13.8 Å². The van der Waals surface area contributed by atoms with E-state index in [2.05, 4.69) is 39.3 Å². The lowest BCUT2D eigenvalue weighted by atomic mass is 10.2. The van der Waals surface area contributed by atoms with Crippen molar-refractivity contribution < 1.29 is 4.79 Å². The first kappa shape index (κ1) is 17.2. The highest BCUT2D eigenvalue weighted by atomic mass is 32.2. The van der Waals surface area contributed by atoms with Gasteiger partial charge in [-0.3, -0.25) is 10.1 Å². The van der Waals surface area contributed by atoms with E-state index in [-0.39, 0.29) is 11.7 Å². The Morgan fingerprint density at radius 1 is 1.25 bits per heavy atom. The summed E-state index contributed by atoms with van der Waals surface area (Å²) < 4.78 is 0. The SMILES string of the molecule is Cc1sc2ncnc(SCC(=O)Nc3nnc(C(C)C)s3)c2c1C. The molecule has 3 heterocycles. The Balaban J connectivity index is 1.68. The molecular weight excluding hydrogens is 362 g/mol. The van der Waals surface area contributed by atoms with Crippen molar-refractivity contribution in [1.29, 1.82) is 0 Å². The Kier molecular flexibility index (Phi) is 5.12. The molecule has 0 aliphatic carbocycles. The van der Waals surface area contributed by atoms with Crippen molar-refractivity contribution in [3.05, 3.63) is 21.8 Å². The number of carbonyl (C=O) groups excluding carboxylic acids is 1. The van der Waals surface area contributed by atoms with Crippen molar-refractivity contribution >= 4 is 55.7 Å². The molecule has 24 heavy (non-hydrogen) atoms. The zero-order valence-electron chi connectivity index (χ0n) is 13.8. The highest BCUT2D eigenvalue weighted by molar-refractivity contribution is 8.00. The summed E-state index contributed by atoms with van der Waals surface area (Å²) in [6, 6.07) is 0. The maximum absolute atomic E-state index is 12.2. The molecule has 3 aromatic rings. The third kappa shape index (κ3) is 3.57. The van der Waals surface area contributed by atoms with Crippen molar-refractivity contribution in [3.63, 3.8) is 0 Å². The van der Waals surface area contributed by atoms with Gasteiger partial charge in [-0.1, -0.05) is 36.9 Å². The maximum Gasteiger partial charge on any atom is 0.236 e. The lowest BCUT2D eigenvalue weighted by Crippen LogP contribution is -2.14. The molecule has 6 nitrogen and oxygen atoms in total. The van der Waals surface area contributed by atoms with Crippen LogP contribution < -0.4 is 5.32 Å². The van der Waals surface area contributed by atoms with Crippen LogP contribution in [0.2, 0.25) is 0 Å². The highest BCUT2D eigenvalue weighted by Gasteiger charge is 2.15. The number of thiophene rings is 1. The van der Waals surface area contributed by atoms with Crippen LogP contribution in [-0.2, 0) is 4.79 Å². The van der Waals surface area contributed by atoms with E-state index in [1.165, 1.54) is 33.5 Å². The van der Waals surface area contributed by atoms with E-state index in [9.17, 15) is 4.79 Å². The maximum atomic E-state index is 12.2. The van der Waals surface area contributed by atoms with Gasteiger partial charge in [0.15, 0.2) is 0 Å². The fraction of sp³-hybridized carbons (Fsp3) is 0.400. The summed E-state index contributed by atoms with van der Waals surface area (Å²) in [5, 5.41) is 14.2. The second-order valence-corrected chi connectivity index (χ2v) is 8.76. The van der Waals surface area contributed by atoms with Crippen molar-refractivity contribution in [2.24, 2.45) is 0 Å². The van der Waals surface area contributed by atoms with Gasteiger partial charge in [0.05, 0.1) is 5.75 Å². The monoisotopic (exact) mass is 379 g/mol.